The first kappa shape index (κ1) is 11.9. The van der Waals surface area contributed by atoms with Crippen LogP contribution >= 0.6 is 0 Å². The Hall–Kier alpha value is -0.120. The average Bonchev–Trinajstić information content (AvgIpc) is 2.03. The molecule has 1 atom stereocenters. The van der Waals surface area contributed by atoms with Gasteiger partial charge in [0, 0.05) is 19.1 Å². The lowest BCUT2D eigenvalue weighted by atomic mass is 10.2. The highest BCUT2D eigenvalue weighted by Crippen LogP contribution is 2.01. The van der Waals surface area contributed by atoms with Gasteiger partial charge in [0.2, 0.25) is 0 Å². The Labute approximate surface area is 75.0 Å². The fourth-order valence-electron chi connectivity index (χ4n) is 1.09. The van der Waals surface area contributed by atoms with Crippen molar-refractivity contribution in [3.63, 3.8) is 0 Å². The maximum Gasteiger partial charge on any atom is 0.0664 e. The molecule has 0 fully saturated rings. The van der Waals surface area contributed by atoms with E-state index in [0.29, 0.717) is 19.1 Å². The van der Waals surface area contributed by atoms with E-state index in [-0.39, 0.29) is 12.7 Å². The lowest BCUT2D eigenvalue weighted by Crippen LogP contribution is -2.39. The van der Waals surface area contributed by atoms with Gasteiger partial charge in [0.25, 0.3) is 0 Å². The summed E-state index contributed by atoms with van der Waals surface area (Å²) in [7, 11) is 0. The molecule has 0 rings (SSSR count). The Morgan fingerprint density at radius 1 is 1.33 bits per heavy atom. The van der Waals surface area contributed by atoms with Gasteiger partial charge in [0.1, 0.15) is 0 Å². The number of hydrogen-bond acceptors (Lipinski definition) is 3. The zero-order chi connectivity index (χ0) is 9.56. The van der Waals surface area contributed by atoms with Crippen LogP contribution in [-0.4, -0.2) is 47.0 Å². The number of hydrogen-bond donors (Lipinski definition) is 2. The topological polar surface area (TPSA) is 43.7 Å². The molecular formula is C9H21NO2. The van der Waals surface area contributed by atoms with Gasteiger partial charge in [-0.1, -0.05) is 6.92 Å². The Morgan fingerprint density at radius 3 is 2.25 bits per heavy atom. The Balaban J connectivity index is 3.77. The van der Waals surface area contributed by atoms with Crippen molar-refractivity contribution in [3.8, 4) is 0 Å². The highest BCUT2D eigenvalue weighted by atomic mass is 16.3. The third kappa shape index (κ3) is 4.70. The van der Waals surface area contributed by atoms with Gasteiger partial charge in [-0.3, -0.25) is 4.90 Å². The summed E-state index contributed by atoms with van der Waals surface area (Å²) >= 11 is 0. The molecule has 0 saturated carbocycles. The van der Waals surface area contributed by atoms with Crippen LogP contribution in [0.25, 0.3) is 0 Å². The molecule has 0 amide bonds. The van der Waals surface area contributed by atoms with Crippen molar-refractivity contribution in [2.24, 2.45) is 0 Å². The lowest BCUT2D eigenvalue weighted by Gasteiger charge is -2.27. The van der Waals surface area contributed by atoms with E-state index in [0.717, 1.165) is 6.42 Å². The maximum atomic E-state index is 9.38. The largest absolute Gasteiger partial charge is 0.395 e. The molecule has 1 unspecified atom stereocenters. The van der Waals surface area contributed by atoms with Crippen LogP contribution in [0.2, 0.25) is 0 Å². The van der Waals surface area contributed by atoms with Gasteiger partial charge < -0.3 is 10.2 Å². The van der Waals surface area contributed by atoms with Crippen molar-refractivity contribution in [2.45, 2.75) is 39.3 Å². The molecule has 3 nitrogen and oxygen atoms in total. The zero-order valence-electron chi connectivity index (χ0n) is 8.32. The molecule has 12 heavy (non-hydrogen) atoms. The molecule has 74 valence electrons. The van der Waals surface area contributed by atoms with Gasteiger partial charge in [0.05, 0.1) is 12.7 Å². The van der Waals surface area contributed by atoms with Crippen LogP contribution in [0, 0.1) is 0 Å². The molecule has 0 aromatic rings. The number of nitrogens with zero attached hydrogens (tertiary/aromatic N) is 1. The van der Waals surface area contributed by atoms with Crippen molar-refractivity contribution in [3.05, 3.63) is 0 Å². The van der Waals surface area contributed by atoms with Crippen molar-refractivity contribution >= 4 is 0 Å². The minimum Gasteiger partial charge on any atom is -0.395 e. The Morgan fingerprint density at radius 2 is 1.92 bits per heavy atom. The Bertz CT molecular complexity index is 107. The summed E-state index contributed by atoms with van der Waals surface area (Å²) in [6, 6.07) is 0.387. The van der Waals surface area contributed by atoms with Crippen LogP contribution in [0.15, 0.2) is 0 Å². The van der Waals surface area contributed by atoms with E-state index in [1.165, 1.54) is 0 Å². The highest BCUT2D eigenvalue weighted by Gasteiger charge is 2.12. The van der Waals surface area contributed by atoms with Crippen LogP contribution in [0.3, 0.4) is 0 Å². The van der Waals surface area contributed by atoms with Crippen molar-refractivity contribution < 1.29 is 10.2 Å². The van der Waals surface area contributed by atoms with Crippen molar-refractivity contribution in [1.29, 1.82) is 0 Å². The molecule has 3 heteroatoms. The molecule has 0 aromatic carbocycles. The fourth-order valence-corrected chi connectivity index (χ4v) is 1.09. The molecule has 0 aliphatic rings. The van der Waals surface area contributed by atoms with Gasteiger partial charge in [-0.25, -0.2) is 0 Å². The second-order valence-electron chi connectivity index (χ2n) is 3.37. The minimum absolute atomic E-state index is 0.161. The first-order valence-electron chi connectivity index (χ1n) is 4.64. The molecule has 0 aromatic heterocycles. The molecular weight excluding hydrogens is 154 g/mol. The van der Waals surface area contributed by atoms with Crippen LogP contribution < -0.4 is 0 Å². The van der Waals surface area contributed by atoms with E-state index in [1.807, 2.05) is 6.92 Å². The lowest BCUT2D eigenvalue weighted by molar-refractivity contribution is 0.0799. The monoisotopic (exact) mass is 175 g/mol. The van der Waals surface area contributed by atoms with Gasteiger partial charge in [0.15, 0.2) is 0 Å². The third-order valence-electron chi connectivity index (χ3n) is 2.03. The van der Waals surface area contributed by atoms with Crippen LogP contribution in [0.1, 0.15) is 27.2 Å². The maximum absolute atomic E-state index is 9.38. The first-order chi connectivity index (χ1) is 5.61. The first-order valence-corrected chi connectivity index (χ1v) is 4.64. The SMILES string of the molecule is CCC(O)CN(CCO)C(C)C. The van der Waals surface area contributed by atoms with Crippen LogP contribution in [0.4, 0.5) is 0 Å². The summed E-state index contributed by atoms with van der Waals surface area (Å²) in [5, 5.41) is 18.1. The van der Waals surface area contributed by atoms with Crippen LogP contribution in [0.5, 0.6) is 0 Å². The predicted molar refractivity (Wildman–Crippen MR) is 50.1 cm³/mol. The molecule has 0 saturated heterocycles. The smallest absolute Gasteiger partial charge is 0.0664 e. The molecule has 0 spiro atoms. The third-order valence-corrected chi connectivity index (χ3v) is 2.03. The van der Waals surface area contributed by atoms with E-state index in [9.17, 15) is 5.11 Å². The normalized spacial score (nSPS) is 14.2. The van der Waals surface area contributed by atoms with Crippen LogP contribution in [-0.2, 0) is 0 Å². The minimum atomic E-state index is -0.265. The molecule has 0 bridgehead atoms. The average molecular weight is 175 g/mol. The van der Waals surface area contributed by atoms with Crippen molar-refractivity contribution in [2.75, 3.05) is 19.7 Å². The fraction of sp³-hybridized carbons (Fsp3) is 1.00. The van der Waals surface area contributed by atoms with E-state index in [4.69, 9.17) is 5.11 Å². The van der Waals surface area contributed by atoms with Gasteiger partial charge in [-0.2, -0.15) is 0 Å². The summed E-state index contributed by atoms with van der Waals surface area (Å²) in [4.78, 5) is 2.08. The zero-order valence-corrected chi connectivity index (χ0v) is 8.32. The second kappa shape index (κ2) is 6.40. The second-order valence-corrected chi connectivity index (χ2v) is 3.37. The molecule has 0 aliphatic carbocycles. The number of rotatable bonds is 6. The van der Waals surface area contributed by atoms with E-state index in [2.05, 4.69) is 18.7 Å². The van der Waals surface area contributed by atoms with Gasteiger partial charge >= 0.3 is 0 Å². The predicted octanol–water partition coefficient (Wildman–Crippen LogP) is 0.460. The highest BCUT2D eigenvalue weighted by molar-refractivity contribution is 4.66. The molecule has 0 heterocycles. The summed E-state index contributed by atoms with van der Waals surface area (Å²) in [5.74, 6) is 0. The van der Waals surface area contributed by atoms with E-state index >= 15 is 0 Å². The summed E-state index contributed by atoms with van der Waals surface area (Å²) < 4.78 is 0. The number of aliphatic hydroxyl groups is 2. The van der Waals surface area contributed by atoms with Gasteiger partial charge in [-0.05, 0) is 20.3 Å². The molecule has 2 N–H and O–H groups in total. The van der Waals surface area contributed by atoms with Gasteiger partial charge in [-0.15, -0.1) is 0 Å². The quantitative estimate of drug-likeness (QED) is 0.616. The summed E-state index contributed by atoms with van der Waals surface area (Å²) in [5.41, 5.74) is 0. The standard InChI is InChI=1S/C9H21NO2/c1-4-9(12)7-10(5-6-11)8(2)3/h8-9,11-12H,4-7H2,1-3H3. The molecule has 0 aliphatic heterocycles. The summed E-state index contributed by atoms with van der Waals surface area (Å²) in [6.45, 7) is 7.57. The Kier molecular flexibility index (Phi) is 6.34. The van der Waals surface area contributed by atoms with Crippen molar-refractivity contribution in [1.82, 2.24) is 4.90 Å². The van der Waals surface area contributed by atoms with E-state index in [1.54, 1.807) is 0 Å². The summed E-state index contributed by atoms with van der Waals surface area (Å²) in [6.07, 6.45) is 0.508. The number of aliphatic hydroxyl groups excluding tert-OH is 2. The van der Waals surface area contributed by atoms with E-state index < -0.39 is 0 Å². The molecule has 0 radical (unpaired) electrons.